The first-order chi connectivity index (χ1) is 15.0. The number of likely N-dealkylation sites (N-methyl/N-ethyl adjacent to an activating group) is 1. The summed E-state index contributed by atoms with van der Waals surface area (Å²) in [5, 5.41) is 16.1. The number of hydrogen-bond acceptors (Lipinski definition) is 5. The Morgan fingerprint density at radius 3 is 2.61 bits per heavy atom. The van der Waals surface area contributed by atoms with E-state index in [1.807, 2.05) is 37.2 Å². The first-order valence-corrected chi connectivity index (χ1v) is 11.8. The van der Waals surface area contributed by atoms with Crippen LogP contribution in [-0.2, 0) is 4.79 Å². The number of nitrogens with one attached hydrogen (secondary N) is 2. The lowest BCUT2D eigenvalue weighted by Crippen LogP contribution is -2.30. The summed E-state index contributed by atoms with van der Waals surface area (Å²) in [7, 11) is 3.94. The molecule has 168 valence electrons. The van der Waals surface area contributed by atoms with E-state index in [1.54, 1.807) is 6.08 Å². The van der Waals surface area contributed by atoms with Gasteiger partial charge in [0.05, 0.1) is 11.5 Å². The molecule has 2 aromatic rings. The van der Waals surface area contributed by atoms with Crippen molar-refractivity contribution in [3.05, 3.63) is 46.9 Å². The van der Waals surface area contributed by atoms with Crippen LogP contribution in [0.2, 0.25) is 0 Å². The largest absolute Gasteiger partial charge is 0.395 e. The molecule has 31 heavy (non-hydrogen) atoms. The Morgan fingerprint density at radius 1 is 1.16 bits per heavy atom. The molecule has 1 aromatic carbocycles. The predicted octanol–water partition coefficient (Wildman–Crippen LogP) is 3.13. The number of benzene rings is 1. The smallest absolute Gasteiger partial charge is 0.261 e. The zero-order valence-electron chi connectivity index (χ0n) is 18.4. The zero-order chi connectivity index (χ0) is 22.2. The lowest BCUT2D eigenvalue weighted by atomic mass is 9.77. The molecule has 0 saturated heterocycles. The fourth-order valence-corrected chi connectivity index (χ4v) is 5.42. The number of carbonyl (C=O) groups excluding carboxylic acids is 2. The van der Waals surface area contributed by atoms with Gasteiger partial charge in [-0.25, -0.2) is 0 Å². The van der Waals surface area contributed by atoms with Gasteiger partial charge in [-0.2, -0.15) is 0 Å². The van der Waals surface area contributed by atoms with E-state index in [0.717, 1.165) is 47.4 Å². The van der Waals surface area contributed by atoms with Crippen molar-refractivity contribution in [1.82, 2.24) is 15.5 Å². The molecule has 1 fully saturated rings. The van der Waals surface area contributed by atoms with Gasteiger partial charge in [0.2, 0.25) is 5.91 Å². The maximum Gasteiger partial charge on any atom is 0.261 e. The van der Waals surface area contributed by atoms with E-state index in [1.165, 1.54) is 16.7 Å². The SMILES string of the molecule is CN(C)C/C=C/C(=O)NCC1CCC(c2c(C(=O)NCCO)sc3ccccc23)CC1. The Kier molecular flexibility index (Phi) is 8.63. The highest BCUT2D eigenvalue weighted by Crippen LogP contribution is 2.43. The number of fused-ring (bicyclic) bond motifs is 1. The van der Waals surface area contributed by atoms with Crippen LogP contribution in [0.15, 0.2) is 36.4 Å². The van der Waals surface area contributed by atoms with Crippen LogP contribution in [-0.4, -0.2) is 62.2 Å². The van der Waals surface area contributed by atoms with Gasteiger partial charge in [0.1, 0.15) is 0 Å². The van der Waals surface area contributed by atoms with Crippen LogP contribution in [0.1, 0.15) is 46.8 Å². The van der Waals surface area contributed by atoms with Crippen molar-refractivity contribution in [2.24, 2.45) is 5.92 Å². The molecule has 0 radical (unpaired) electrons. The number of amides is 2. The van der Waals surface area contributed by atoms with Crippen LogP contribution in [0.5, 0.6) is 0 Å². The maximum absolute atomic E-state index is 12.7. The normalized spacial score (nSPS) is 19.2. The van der Waals surface area contributed by atoms with E-state index in [4.69, 9.17) is 5.11 Å². The highest BCUT2D eigenvalue weighted by atomic mass is 32.1. The quantitative estimate of drug-likeness (QED) is 0.520. The summed E-state index contributed by atoms with van der Waals surface area (Å²) < 4.78 is 1.13. The number of nitrogens with zero attached hydrogens (tertiary/aromatic N) is 1. The van der Waals surface area contributed by atoms with E-state index in [0.29, 0.717) is 18.4 Å². The molecule has 3 N–H and O–H groups in total. The lowest BCUT2D eigenvalue weighted by molar-refractivity contribution is -0.116. The second kappa shape index (κ2) is 11.4. The van der Waals surface area contributed by atoms with E-state index < -0.39 is 0 Å². The second-order valence-electron chi connectivity index (χ2n) is 8.45. The molecule has 0 spiro atoms. The lowest BCUT2D eigenvalue weighted by Gasteiger charge is -2.29. The van der Waals surface area contributed by atoms with E-state index in [-0.39, 0.29) is 25.0 Å². The molecule has 6 nitrogen and oxygen atoms in total. The molecule has 7 heteroatoms. The third-order valence-electron chi connectivity index (χ3n) is 5.80. The number of aliphatic hydroxyl groups excluding tert-OH is 1. The molecule has 2 amide bonds. The molecular formula is C24H33N3O3S. The third kappa shape index (κ3) is 6.38. The van der Waals surface area contributed by atoms with Crippen LogP contribution >= 0.6 is 11.3 Å². The summed E-state index contributed by atoms with van der Waals surface area (Å²) in [6.45, 7) is 1.66. The molecular weight excluding hydrogens is 410 g/mol. The van der Waals surface area contributed by atoms with Gasteiger partial charge in [-0.1, -0.05) is 24.3 Å². The van der Waals surface area contributed by atoms with Gasteiger partial charge in [0.15, 0.2) is 0 Å². The molecule has 0 bridgehead atoms. The van der Waals surface area contributed by atoms with Gasteiger partial charge < -0.3 is 20.6 Å². The minimum atomic E-state index is -0.0934. The van der Waals surface area contributed by atoms with Gasteiger partial charge in [0.25, 0.3) is 5.91 Å². The monoisotopic (exact) mass is 443 g/mol. The van der Waals surface area contributed by atoms with Crippen molar-refractivity contribution >= 4 is 33.2 Å². The molecule has 1 heterocycles. The summed E-state index contributed by atoms with van der Waals surface area (Å²) in [4.78, 5) is 27.5. The van der Waals surface area contributed by atoms with Gasteiger partial charge in [-0.15, -0.1) is 11.3 Å². The summed E-state index contributed by atoms with van der Waals surface area (Å²) in [5.74, 6) is 0.691. The fourth-order valence-electron chi connectivity index (χ4n) is 4.22. The van der Waals surface area contributed by atoms with Gasteiger partial charge >= 0.3 is 0 Å². The van der Waals surface area contributed by atoms with Crippen molar-refractivity contribution in [2.75, 3.05) is 40.3 Å². The van der Waals surface area contributed by atoms with Crippen LogP contribution in [0.25, 0.3) is 10.1 Å². The highest BCUT2D eigenvalue weighted by Gasteiger charge is 2.29. The number of carbonyl (C=O) groups is 2. The van der Waals surface area contributed by atoms with Crippen LogP contribution in [0, 0.1) is 5.92 Å². The van der Waals surface area contributed by atoms with Crippen LogP contribution in [0.3, 0.4) is 0 Å². The Balaban J connectivity index is 1.62. The van der Waals surface area contributed by atoms with Crippen molar-refractivity contribution in [3.63, 3.8) is 0 Å². The van der Waals surface area contributed by atoms with Crippen molar-refractivity contribution in [3.8, 4) is 0 Å². The average molecular weight is 444 g/mol. The van der Waals surface area contributed by atoms with Gasteiger partial charge in [0, 0.05) is 30.4 Å². The Morgan fingerprint density at radius 2 is 1.90 bits per heavy atom. The maximum atomic E-state index is 12.7. The molecule has 1 aromatic heterocycles. The number of thiophene rings is 1. The third-order valence-corrected chi connectivity index (χ3v) is 6.98. The zero-order valence-corrected chi connectivity index (χ0v) is 19.2. The number of aliphatic hydroxyl groups is 1. The molecule has 0 atom stereocenters. The predicted molar refractivity (Wildman–Crippen MR) is 127 cm³/mol. The molecule has 3 rings (SSSR count). The van der Waals surface area contributed by atoms with Crippen LogP contribution < -0.4 is 10.6 Å². The average Bonchev–Trinajstić information content (AvgIpc) is 3.16. The Hall–Kier alpha value is -2.22. The van der Waals surface area contributed by atoms with Crippen molar-refractivity contribution in [2.45, 2.75) is 31.6 Å². The first kappa shape index (κ1) is 23.4. The van der Waals surface area contributed by atoms with E-state index in [2.05, 4.69) is 22.8 Å². The molecule has 1 aliphatic carbocycles. The minimum absolute atomic E-state index is 0.0318. The summed E-state index contributed by atoms with van der Waals surface area (Å²) >= 11 is 1.54. The minimum Gasteiger partial charge on any atom is -0.395 e. The Bertz CT molecular complexity index is 914. The van der Waals surface area contributed by atoms with Crippen molar-refractivity contribution < 1.29 is 14.7 Å². The van der Waals surface area contributed by atoms with Crippen molar-refractivity contribution in [1.29, 1.82) is 0 Å². The molecule has 0 unspecified atom stereocenters. The van der Waals surface area contributed by atoms with Gasteiger partial charge in [-0.05, 0) is 68.6 Å². The molecule has 1 aliphatic rings. The Labute approximate surface area is 188 Å². The highest BCUT2D eigenvalue weighted by molar-refractivity contribution is 7.21. The summed E-state index contributed by atoms with van der Waals surface area (Å²) in [6, 6.07) is 8.21. The molecule has 1 saturated carbocycles. The van der Waals surface area contributed by atoms with E-state index in [9.17, 15) is 9.59 Å². The topological polar surface area (TPSA) is 81.7 Å². The summed E-state index contributed by atoms with van der Waals surface area (Å²) in [5.41, 5.74) is 1.16. The fraction of sp³-hybridized carbons (Fsp3) is 0.500. The second-order valence-corrected chi connectivity index (χ2v) is 9.50. The number of rotatable bonds is 9. The van der Waals surface area contributed by atoms with E-state index >= 15 is 0 Å². The first-order valence-electron chi connectivity index (χ1n) is 11.0. The number of hydrogen-bond donors (Lipinski definition) is 3. The summed E-state index contributed by atoms with van der Waals surface area (Å²) in [6.07, 6.45) is 7.58. The standard InChI is InChI=1S/C24H33N3O3S/c1-27(2)14-5-8-21(29)26-16-17-9-11-18(12-10-17)22-19-6-3-4-7-20(19)31-23(22)24(30)25-13-15-28/h3-8,17-18,28H,9-16H2,1-2H3,(H,25,30)(H,26,29)/b8-5+. The molecule has 0 aliphatic heterocycles. The van der Waals surface area contributed by atoms with Crippen LogP contribution in [0.4, 0.5) is 0 Å². The van der Waals surface area contributed by atoms with Gasteiger partial charge in [-0.3, -0.25) is 9.59 Å².